The topological polar surface area (TPSA) is 22.0 Å². The lowest BCUT2D eigenvalue weighted by Crippen LogP contribution is -1.94. The van der Waals surface area contributed by atoms with Crippen LogP contribution in [0.2, 0.25) is 0 Å². The molecule has 0 aliphatic rings. The van der Waals surface area contributed by atoms with Gasteiger partial charge in [0.05, 0.1) is 5.69 Å². The number of fused-ring (bicyclic) bond motifs is 2. The number of hydrogen-bond donors (Lipinski definition) is 0. The highest BCUT2D eigenvalue weighted by molar-refractivity contribution is 6.13. The smallest absolute Gasteiger partial charge is 0.152 e. The summed E-state index contributed by atoms with van der Waals surface area (Å²) < 4.78 is 2.15. The molecular weight excluding hydrogens is 342 g/mol. The lowest BCUT2D eigenvalue weighted by molar-refractivity contribution is 0.112. The molecule has 0 spiro atoms. The van der Waals surface area contributed by atoms with Crippen LogP contribution in [0.1, 0.15) is 10.4 Å². The summed E-state index contributed by atoms with van der Waals surface area (Å²) in [4.78, 5) is 12.3. The van der Waals surface area contributed by atoms with Gasteiger partial charge in [-0.05, 0) is 28.0 Å². The molecule has 0 atom stereocenters. The molecule has 0 radical (unpaired) electrons. The normalized spacial score (nSPS) is 11.2. The predicted molar refractivity (Wildman–Crippen MR) is 117 cm³/mol. The molecule has 0 bridgehead atoms. The van der Waals surface area contributed by atoms with Crippen molar-refractivity contribution in [1.29, 1.82) is 0 Å². The van der Waals surface area contributed by atoms with Gasteiger partial charge in [-0.3, -0.25) is 4.79 Å². The number of carbonyl (C=O) groups excluding carboxylic acids is 1. The highest BCUT2D eigenvalue weighted by atomic mass is 16.1. The molecule has 1 heterocycles. The molecule has 134 valence electrons. The summed E-state index contributed by atoms with van der Waals surface area (Å²) in [5, 5.41) is 3.33. The van der Waals surface area contributed by atoms with Crippen molar-refractivity contribution >= 4 is 28.0 Å². The molecule has 2 heteroatoms. The van der Waals surface area contributed by atoms with Gasteiger partial charge in [0.2, 0.25) is 0 Å². The van der Waals surface area contributed by atoms with Gasteiger partial charge in [-0.2, -0.15) is 0 Å². The van der Waals surface area contributed by atoms with Crippen LogP contribution in [0.15, 0.2) is 91.0 Å². The van der Waals surface area contributed by atoms with Crippen LogP contribution in [-0.4, -0.2) is 10.9 Å². The Morgan fingerprint density at radius 1 is 0.714 bits per heavy atom. The van der Waals surface area contributed by atoms with E-state index in [0.29, 0.717) is 0 Å². The zero-order valence-electron chi connectivity index (χ0n) is 15.6. The van der Waals surface area contributed by atoms with Gasteiger partial charge in [0, 0.05) is 29.1 Å². The number of rotatable bonds is 3. The fourth-order valence-corrected chi connectivity index (χ4v) is 4.25. The van der Waals surface area contributed by atoms with Crippen LogP contribution in [0.4, 0.5) is 0 Å². The van der Waals surface area contributed by atoms with Crippen molar-refractivity contribution < 1.29 is 4.79 Å². The Bertz CT molecular complexity index is 1320. The van der Waals surface area contributed by atoms with Gasteiger partial charge in [0.1, 0.15) is 0 Å². The summed E-state index contributed by atoms with van der Waals surface area (Å²) in [5.41, 5.74) is 6.05. The molecular formula is C26H19NO. The third-order valence-electron chi connectivity index (χ3n) is 5.51. The molecule has 0 aliphatic heterocycles. The summed E-state index contributed by atoms with van der Waals surface area (Å²) in [6.07, 6.45) is 1.01. The molecule has 0 saturated heterocycles. The van der Waals surface area contributed by atoms with Crippen LogP contribution in [-0.2, 0) is 7.05 Å². The lowest BCUT2D eigenvalue weighted by atomic mass is 9.96. The molecule has 0 amide bonds. The number of aldehydes is 1. The minimum absolute atomic E-state index is 0.744. The lowest BCUT2D eigenvalue weighted by Gasteiger charge is -2.09. The highest BCUT2D eigenvalue weighted by Crippen LogP contribution is 2.39. The number of aromatic nitrogens is 1. The second kappa shape index (κ2) is 6.50. The molecule has 0 aliphatic carbocycles. The molecule has 0 unspecified atom stereocenters. The van der Waals surface area contributed by atoms with E-state index >= 15 is 0 Å². The number of benzene rings is 4. The maximum Gasteiger partial charge on any atom is 0.152 e. The Morgan fingerprint density at radius 2 is 1.39 bits per heavy atom. The first-order valence-electron chi connectivity index (χ1n) is 9.39. The average molecular weight is 361 g/mol. The Hall–Kier alpha value is -3.65. The highest BCUT2D eigenvalue weighted by Gasteiger charge is 2.20. The third-order valence-corrected chi connectivity index (χ3v) is 5.51. The predicted octanol–water partition coefficient (Wildman–Crippen LogP) is 6.48. The summed E-state index contributed by atoms with van der Waals surface area (Å²) >= 11 is 0. The molecule has 4 aromatic carbocycles. The monoisotopic (exact) mass is 361 g/mol. The Morgan fingerprint density at radius 3 is 2.21 bits per heavy atom. The Balaban J connectivity index is 1.91. The van der Waals surface area contributed by atoms with E-state index in [1.807, 2.05) is 37.4 Å². The first-order chi connectivity index (χ1) is 13.8. The quantitative estimate of drug-likeness (QED) is 0.337. The summed E-state index contributed by atoms with van der Waals surface area (Å²) in [6.45, 7) is 0. The van der Waals surface area contributed by atoms with E-state index in [2.05, 4.69) is 65.2 Å². The zero-order valence-corrected chi connectivity index (χ0v) is 15.6. The number of aryl methyl sites for hydroxylation is 1. The molecule has 28 heavy (non-hydrogen) atoms. The van der Waals surface area contributed by atoms with Crippen LogP contribution in [0.25, 0.3) is 44.1 Å². The van der Waals surface area contributed by atoms with Crippen molar-refractivity contribution in [2.45, 2.75) is 0 Å². The van der Waals surface area contributed by atoms with Crippen LogP contribution >= 0.6 is 0 Å². The number of nitrogens with zero attached hydrogens (tertiary/aromatic N) is 1. The SMILES string of the molecule is Cn1c(-c2cccc3ccccc23)c(C=O)c2c(-c3ccccc3)cccc21. The molecule has 0 fully saturated rings. The third kappa shape index (κ3) is 2.39. The minimum Gasteiger partial charge on any atom is -0.343 e. The van der Waals surface area contributed by atoms with Gasteiger partial charge in [-0.15, -0.1) is 0 Å². The zero-order chi connectivity index (χ0) is 19.1. The van der Waals surface area contributed by atoms with E-state index in [1.165, 1.54) is 5.39 Å². The van der Waals surface area contributed by atoms with Gasteiger partial charge in [0.15, 0.2) is 6.29 Å². The maximum absolute atomic E-state index is 12.3. The first kappa shape index (κ1) is 16.5. The van der Waals surface area contributed by atoms with Crippen LogP contribution < -0.4 is 0 Å². The minimum atomic E-state index is 0.744. The summed E-state index contributed by atoms with van der Waals surface area (Å²) in [5.74, 6) is 0. The molecule has 5 aromatic rings. The van der Waals surface area contributed by atoms with Gasteiger partial charge < -0.3 is 4.57 Å². The van der Waals surface area contributed by atoms with E-state index in [1.54, 1.807) is 0 Å². The van der Waals surface area contributed by atoms with Crippen LogP contribution in [0.3, 0.4) is 0 Å². The van der Waals surface area contributed by atoms with Crippen molar-refractivity contribution in [2.24, 2.45) is 7.05 Å². The van der Waals surface area contributed by atoms with Gasteiger partial charge in [0.25, 0.3) is 0 Å². The average Bonchev–Trinajstić information content (AvgIpc) is 3.05. The fraction of sp³-hybridized carbons (Fsp3) is 0.0385. The van der Waals surface area contributed by atoms with E-state index in [4.69, 9.17) is 0 Å². The van der Waals surface area contributed by atoms with E-state index in [-0.39, 0.29) is 0 Å². The Kier molecular flexibility index (Phi) is 3.84. The van der Waals surface area contributed by atoms with E-state index in [9.17, 15) is 4.79 Å². The first-order valence-corrected chi connectivity index (χ1v) is 9.39. The second-order valence-corrected chi connectivity index (χ2v) is 7.03. The summed E-state index contributed by atoms with van der Waals surface area (Å²) in [6, 6.07) is 31.1. The standard InChI is InChI=1S/C26H19NO/c1-27-24-16-8-14-21(19-9-3-2-4-10-19)25(24)23(17-28)26(27)22-15-7-12-18-11-5-6-13-20(18)22/h2-17H,1H3. The molecule has 1 aromatic heterocycles. The largest absolute Gasteiger partial charge is 0.343 e. The summed E-state index contributed by atoms with van der Waals surface area (Å²) in [7, 11) is 2.04. The van der Waals surface area contributed by atoms with Crippen LogP contribution in [0, 0.1) is 0 Å². The molecule has 0 N–H and O–H groups in total. The number of carbonyl (C=O) groups is 1. The van der Waals surface area contributed by atoms with Crippen LogP contribution in [0.5, 0.6) is 0 Å². The van der Waals surface area contributed by atoms with E-state index < -0.39 is 0 Å². The van der Waals surface area contributed by atoms with Gasteiger partial charge >= 0.3 is 0 Å². The number of hydrogen-bond acceptors (Lipinski definition) is 1. The Labute approximate surface area is 163 Å². The van der Waals surface area contributed by atoms with Crippen molar-refractivity contribution in [3.05, 3.63) is 96.6 Å². The van der Waals surface area contributed by atoms with Crippen molar-refractivity contribution in [3.63, 3.8) is 0 Å². The van der Waals surface area contributed by atoms with Gasteiger partial charge in [-0.25, -0.2) is 0 Å². The molecule has 2 nitrogen and oxygen atoms in total. The fourth-order valence-electron chi connectivity index (χ4n) is 4.25. The second-order valence-electron chi connectivity index (χ2n) is 7.03. The van der Waals surface area contributed by atoms with Crippen molar-refractivity contribution in [2.75, 3.05) is 0 Å². The van der Waals surface area contributed by atoms with Crippen molar-refractivity contribution in [3.8, 4) is 22.4 Å². The van der Waals surface area contributed by atoms with Crippen molar-refractivity contribution in [1.82, 2.24) is 4.57 Å². The van der Waals surface area contributed by atoms with E-state index in [0.717, 1.165) is 50.5 Å². The maximum atomic E-state index is 12.3. The molecule has 5 rings (SSSR count). The molecule has 0 saturated carbocycles. The van der Waals surface area contributed by atoms with Gasteiger partial charge in [-0.1, -0.05) is 84.9 Å².